The van der Waals surface area contributed by atoms with Crippen LogP contribution in [0.5, 0.6) is 0 Å². The molecular weight excluding hydrogens is 290 g/mol. The molecule has 2 aliphatic heterocycles. The fourth-order valence-corrected chi connectivity index (χ4v) is 3.79. The molecule has 0 saturated carbocycles. The number of aromatic nitrogens is 3. The van der Waals surface area contributed by atoms with Gasteiger partial charge in [-0.1, -0.05) is 6.07 Å². The van der Waals surface area contributed by atoms with Crippen LogP contribution in [-0.4, -0.2) is 45.2 Å². The molecule has 2 aliphatic rings. The molecule has 2 atom stereocenters. The summed E-state index contributed by atoms with van der Waals surface area (Å²) in [6.45, 7) is 3.45. The molecule has 1 amide bonds. The van der Waals surface area contributed by atoms with Crippen molar-refractivity contribution in [2.24, 2.45) is 18.9 Å². The Labute approximate surface area is 135 Å². The third-order valence-electron chi connectivity index (χ3n) is 4.94. The summed E-state index contributed by atoms with van der Waals surface area (Å²) in [5.41, 5.74) is 1.99. The summed E-state index contributed by atoms with van der Waals surface area (Å²) in [7, 11) is 1.88. The standard InChI is InChI=1S/C17H21N5O/c1-20-11-15(8-19-20)22-7-5-13-9-21(12-16(13)17(22)23)10-14-4-2-3-6-18-14/h2-4,6,8,11,13,16H,5,7,9-10,12H2,1H3/t13-,16-/m1/s1. The van der Waals surface area contributed by atoms with Crippen LogP contribution >= 0.6 is 0 Å². The molecule has 23 heavy (non-hydrogen) atoms. The fraction of sp³-hybridized carbons (Fsp3) is 0.471. The average molecular weight is 311 g/mol. The number of piperidine rings is 1. The minimum atomic E-state index is 0.104. The zero-order valence-electron chi connectivity index (χ0n) is 13.3. The molecule has 2 fully saturated rings. The van der Waals surface area contributed by atoms with Gasteiger partial charge in [-0.15, -0.1) is 0 Å². The first-order valence-corrected chi connectivity index (χ1v) is 8.13. The minimum Gasteiger partial charge on any atom is -0.309 e. The monoisotopic (exact) mass is 311 g/mol. The summed E-state index contributed by atoms with van der Waals surface area (Å²) in [6, 6.07) is 6.00. The molecule has 2 aromatic heterocycles. The van der Waals surface area contributed by atoms with Gasteiger partial charge in [-0.3, -0.25) is 19.4 Å². The molecule has 0 N–H and O–H groups in total. The molecule has 0 bridgehead atoms. The van der Waals surface area contributed by atoms with E-state index < -0.39 is 0 Å². The van der Waals surface area contributed by atoms with Gasteiger partial charge in [0.25, 0.3) is 0 Å². The van der Waals surface area contributed by atoms with Gasteiger partial charge in [0, 0.05) is 45.6 Å². The molecule has 0 radical (unpaired) electrons. The normalized spacial score (nSPS) is 24.9. The summed E-state index contributed by atoms with van der Waals surface area (Å²) < 4.78 is 1.75. The van der Waals surface area contributed by atoms with E-state index >= 15 is 0 Å². The topological polar surface area (TPSA) is 54.3 Å². The van der Waals surface area contributed by atoms with E-state index in [4.69, 9.17) is 0 Å². The predicted octanol–water partition coefficient (Wildman–Crippen LogP) is 1.30. The highest BCUT2D eigenvalue weighted by Gasteiger charge is 2.43. The molecule has 4 rings (SSSR count). The number of aryl methyl sites for hydroxylation is 1. The van der Waals surface area contributed by atoms with Gasteiger partial charge < -0.3 is 4.90 Å². The SMILES string of the molecule is Cn1cc(N2CC[C@@H]3CN(Cc4ccccn4)C[C@H]3C2=O)cn1. The van der Waals surface area contributed by atoms with E-state index in [2.05, 4.69) is 15.0 Å². The Hall–Kier alpha value is -2.21. The van der Waals surface area contributed by atoms with Crippen LogP contribution in [0.1, 0.15) is 12.1 Å². The molecule has 6 heteroatoms. The van der Waals surface area contributed by atoms with Gasteiger partial charge in [-0.05, 0) is 24.5 Å². The zero-order valence-corrected chi connectivity index (χ0v) is 13.3. The van der Waals surface area contributed by atoms with Gasteiger partial charge in [-0.25, -0.2) is 0 Å². The van der Waals surface area contributed by atoms with Crippen LogP contribution in [0, 0.1) is 11.8 Å². The van der Waals surface area contributed by atoms with Crippen molar-refractivity contribution in [1.82, 2.24) is 19.7 Å². The zero-order chi connectivity index (χ0) is 15.8. The van der Waals surface area contributed by atoms with E-state index in [0.717, 1.165) is 44.0 Å². The number of hydrogen-bond acceptors (Lipinski definition) is 4. The fourth-order valence-electron chi connectivity index (χ4n) is 3.79. The van der Waals surface area contributed by atoms with E-state index in [0.29, 0.717) is 5.92 Å². The van der Waals surface area contributed by atoms with Crippen LogP contribution in [0.4, 0.5) is 5.69 Å². The quantitative estimate of drug-likeness (QED) is 0.857. The third-order valence-corrected chi connectivity index (χ3v) is 4.94. The van der Waals surface area contributed by atoms with E-state index in [1.807, 2.05) is 42.5 Å². The number of likely N-dealkylation sites (tertiary alicyclic amines) is 1. The van der Waals surface area contributed by atoms with Crippen molar-refractivity contribution in [3.63, 3.8) is 0 Å². The Morgan fingerprint density at radius 1 is 1.30 bits per heavy atom. The lowest BCUT2D eigenvalue weighted by Gasteiger charge is -2.32. The number of rotatable bonds is 3. The van der Waals surface area contributed by atoms with Gasteiger partial charge in [0.05, 0.1) is 23.5 Å². The van der Waals surface area contributed by atoms with E-state index in [9.17, 15) is 4.79 Å². The summed E-state index contributed by atoms with van der Waals surface area (Å²) in [5, 5.41) is 4.19. The van der Waals surface area contributed by atoms with Crippen molar-refractivity contribution in [2.45, 2.75) is 13.0 Å². The van der Waals surface area contributed by atoms with Crippen LogP contribution in [0.3, 0.4) is 0 Å². The van der Waals surface area contributed by atoms with Gasteiger partial charge >= 0.3 is 0 Å². The Kier molecular flexibility index (Phi) is 3.61. The molecular formula is C17H21N5O. The van der Waals surface area contributed by atoms with Crippen LogP contribution in [0.15, 0.2) is 36.8 Å². The van der Waals surface area contributed by atoms with E-state index in [1.165, 1.54) is 0 Å². The molecule has 2 aromatic rings. The summed E-state index contributed by atoms with van der Waals surface area (Å²) in [5.74, 6) is 0.824. The molecule has 2 saturated heterocycles. The third kappa shape index (κ3) is 2.74. The van der Waals surface area contributed by atoms with Crippen LogP contribution in [0.2, 0.25) is 0 Å². The van der Waals surface area contributed by atoms with Crippen LogP contribution in [-0.2, 0) is 18.4 Å². The van der Waals surface area contributed by atoms with Crippen molar-refractivity contribution in [1.29, 1.82) is 0 Å². The number of anilines is 1. The van der Waals surface area contributed by atoms with E-state index in [-0.39, 0.29) is 11.8 Å². The molecule has 120 valence electrons. The molecule has 0 spiro atoms. The Morgan fingerprint density at radius 2 is 2.22 bits per heavy atom. The number of carbonyl (C=O) groups excluding carboxylic acids is 1. The number of carbonyl (C=O) groups is 1. The molecule has 0 aromatic carbocycles. The Balaban J connectivity index is 1.46. The molecule has 0 unspecified atom stereocenters. The smallest absolute Gasteiger partial charge is 0.231 e. The predicted molar refractivity (Wildman–Crippen MR) is 86.7 cm³/mol. The molecule has 0 aliphatic carbocycles. The first-order valence-electron chi connectivity index (χ1n) is 8.13. The lowest BCUT2D eigenvalue weighted by Crippen LogP contribution is -2.45. The summed E-state index contributed by atoms with van der Waals surface area (Å²) in [6.07, 6.45) is 6.58. The lowest BCUT2D eigenvalue weighted by molar-refractivity contribution is -0.124. The maximum absolute atomic E-state index is 12.9. The van der Waals surface area contributed by atoms with Crippen molar-refractivity contribution < 1.29 is 4.79 Å². The average Bonchev–Trinajstić information content (AvgIpc) is 3.15. The second-order valence-electron chi connectivity index (χ2n) is 6.53. The molecule has 6 nitrogen and oxygen atoms in total. The first-order chi connectivity index (χ1) is 11.2. The number of pyridine rings is 1. The minimum absolute atomic E-state index is 0.104. The van der Waals surface area contributed by atoms with E-state index in [1.54, 1.807) is 10.9 Å². The largest absolute Gasteiger partial charge is 0.309 e. The van der Waals surface area contributed by atoms with Crippen molar-refractivity contribution >= 4 is 11.6 Å². The van der Waals surface area contributed by atoms with Gasteiger partial charge in [0.15, 0.2) is 0 Å². The van der Waals surface area contributed by atoms with Gasteiger partial charge in [-0.2, -0.15) is 5.10 Å². The molecule has 4 heterocycles. The second kappa shape index (κ2) is 5.77. The van der Waals surface area contributed by atoms with Crippen molar-refractivity contribution in [3.05, 3.63) is 42.5 Å². The highest BCUT2D eigenvalue weighted by atomic mass is 16.2. The Bertz CT molecular complexity index is 698. The van der Waals surface area contributed by atoms with Crippen molar-refractivity contribution in [2.75, 3.05) is 24.5 Å². The number of hydrogen-bond donors (Lipinski definition) is 0. The maximum atomic E-state index is 12.9. The van der Waals surface area contributed by atoms with Crippen LogP contribution < -0.4 is 4.90 Å². The van der Waals surface area contributed by atoms with Crippen molar-refractivity contribution in [3.8, 4) is 0 Å². The Morgan fingerprint density at radius 3 is 2.96 bits per heavy atom. The first kappa shape index (κ1) is 14.4. The van der Waals surface area contributed by atoms with Gasteiger partial charge in [0.2, 0.25) is 5.91 Å². The number of amides is 1. The second-order valence-corrected chi connectivity index (χ2v) is 6.53. The van der Waals surface area contributed by atoms with Crippen LogP contribution in [0.25, 0.3) is 0 Å². The highest BCUT2D eigenvalue weighted by molar-refractivity contribution is 5.96. The summed E-state index contributed by atoms with van der Waals surface area (Å²) in [4.78, 5) is 21.5. The number of nitrogens with zero attached hydrogens (tertiary/aromatic N) is 5. The maximum Gasteiger partial charge on any atom is 0.231 e. The lowest BCUT2D eigenvalue weighted by atomic mass is 9.88. The summed E-state index contributed by atoms with van der Waals surface area (Å²) >= 11 is 0. The number of fused-ring (bicyclic) bond motifs is 1. The van der Waals surface area contributed by atoms with Gasteiger partial charge in [0.1, 0.15) is 0 Å². The highest BCUT2D eigenvalue weighted by Crippen LogP contribution is 2.34.